The third-order valence-electron chi connectivity index (χ3n) is 14.8. The maximum atomic E-state index is 12.5. The zero-order valence-corrected chi connectivity index (χ0v) is 47.3. The zero-order valence-electron chi connectivity index (χ0n) is 47.3. The normalized spacial score (nSPS) is 12.7. The topological polar surface area (TPSA) is 95.9 Å². The molecule has 2 atom stereocenters. The Balaban J connectivity index is 3.43. The van der Waals surface area contributed by atoms with E-state index in [-0.39, 0.29) is 18.5 Å². The van der Waals surface area contributed by atoms with E-state index in [0.29, 0.717) is 25.9 Å². The van der Waals surface area contributed by atoms with Crippen LogP contribution in [0.15, 0.2) is 24.3 Å². The Hall–Kier alpha value is -1.66. The minimum atomic E-state index is -0.671. The number of allylic oxidation sites excluding steroid dienone is 4. The number of carbonyl (C=O) groups excluding carboxylic acids is 2. The van der Waals surface area contributed by atoms with Crippen molar-refractivity contribution in [3.63, 3.8) is 0 Å². The second-order valence-electron chi connectivity index (χ2n) is 21.7. The van der Waals surface area contributed by atoms with Gasteiger partial charge in [0.2, 0.25) is 5.91 Å². The molecule has 0 aromatic rings. The largest absolute Gasteiger partial charge is 0.466 e. The first-order chi connectivity index (χ1) is 34.5. The molecule has 0 rings (SSSR count). The smallest absolute Gasteiger partial charge is 0.305 e. The number of nitrogens with one attached hydrogen (secondary N) is 1. The van der Waals surface area contributed by atoms with Gasteiger partial charge in [-0.25, -0.2) is 0 Å². The van der Waals surface area contributed by atoms with Crippen molar-refractivity contribution in [2.75, 3.05) is 13.2 Å². The van der Waals surface area contributed by atoms with Gasteiger partial charge >= 0.3 is 5.97 Å². The van der Waals surface area contributed by atoms with E-state index in [2.05, 4.69) is 43.5 Å². The quantitative estimate of drug-likeness (QED) is 0.0321. The zero-order chi connectivity index (χ0) is 50.7. The van der Waals surface area contributed by atoms with Crippen molar-refractivity contribution >= 4 is 11.9 Å². The van der Waals surface area contributed by atoms with Gasteiger partial charge in [0.25, 0.3) is 0 Å². The average molecular weight is 987 g/mol. The first-order valence-electron chi connectivity index (χ1n) is 31.6. The van der Waals surface area contributed by atoms with E-state index < -0.39 is 12.1 Å². The van der Waals surface area contributed by atoms with Gasteiger partial charge in [0, 0.05) is 12.8 Å². The molecule has 0 heterocycles. The fraction of sp³-hybridized carbons (Fsp3) is 0.906. The van der Waals surface area contributed by atoms with Gasteiger partial charge in [-0.1, -0.05) is 301 Å². The van der Waals surface area contributed by atoms with Crippen LogP contribution in [0, 0.1) is 0 Å². The summed E-state index contributed by atoms with van der Waals surface area (Å²) < 4.78 is 5.48. The van der Waals surface area contributed by atoms with E-state index in [0.717, 1.165) is 57.8 Å². The average Bonchev–Trinajstić information content (AvgIpc) is 3.36. The Bertz CT molecular complexity index is 1090. The van der Waals surface area contributed by atoms with Gasteiger partial charge in [-0.05, 0) is 57.8 Å². The van der Waals surface area contributed by atoms with E-state index in [4.69, 9.17) is 4.74 Å². The highest BCUT2D eigenvalue weighted by Gasteiger charge is 2.20. The molecule has 0 bridgehead atoms. The minimum Gasteiger partial charge on any atom is -0.466 e. The Morgan fingerprint density at radius 3 is 1.11 bits per heavy atom. The van der Waals surface area contributed by atoms with Gasteiger partial charge in [-0.3, -0.25) is 9.59 Å². The van der Waals surface area contributed by atoms with Gasteiger partial charge < -0.3 is 20.3 Å². The molecule has 6 heteroatoms. The first-order valence-corrected chi connectivity index (χ1v) is 31.6. The number of aliphatic hydroxyl groups is 2. The fourth-order valence-corrected chi connectivity index (χ4v) is 9.91. The summed E-state index contributed by atoms with van der Waals surface area (Å²) >= 11 is 0. The second kappa shape index (κ2) is 59.9. The van der Waals surface area contributed by atoms with Crippen molar-refractivity contribution in [2.45, 2.75) is 360 Å². The van der Waals surface area contributed by atoms with Crippen molar-refractivity contribution in [3.05, 3.63) is 24.3 Å². The number of esters is 1. The molecule has 70 heavy (non-hydrogen) atoms. The molecule has 0 radical (unpaired) electrons. The number of rotatable bonds is 59. The molecule has 3 N–H and O–H groups in total. The van der Waals surface area contributed by atoms with Crippen molar-refractivity contribution in [3.8, 4) is 0 Å². The van der Waals surface area contributed by atoms with Crippen molar-refractivity contribution < 1.29 is 24.5 Å². The van der Waals surface area contributed by atoms with Crippen LogP contribution in [-0.2, 0) is 14.3 Å². The molecule has 0 aliphatic heterocycles. The van der Waals surface area contributed by atoms with Crippen molar-refractivity contribution in [2.24, 2.45) is 0 Å². The molecule has 0 saturated heterocycles. The Kier molecular flexibility index (Phi) is 58.5. The van der Waals surface area contributed by atoms with Crippen LogP contribution in [0.2, 0.25) is 0 Å². The summed E-state index contributed by atoms with van der Waals surface area (Å²) in [5, 5.41) is 23.4. The number of hydrogen-bond donors (Lipinski definition) is 3. The number of carbonyl (C=O) groups is 2. The summed E-state index contributed by atoms with van der Waals surface area (Å²) in [5.74, 6) is -0.0464. The predicted molar refractivity (Wildman–Crippen MR) is 306 cm³/mol. The number of unbranched alkanes of at least 4 members (excludes halogenated alkanes) is 44. The summed E-state index contributed by atoms with van der Waals surface area (Å²) in [6.07, 6.45) is 73.2. The maximum absolute atomic E-state index is 12.5. The number of aliphatic hydroxyl groups excluding tert-OH is 2. The number of hydrogen-bond acceptors (Lipinski definition) is 5. The highest BCUT2D eigenvalue weighted by atomic mass is 16.5. The molecule has 0 aromatic carbocycles. The molecular formula is C64H123NO5. The van der Waals surface area contributed by atoms with Gasteiger partial charge in [0.05, 0.1) is 25.4 Å². The second-order valence-corrected chi connectivity index (χ2v) is 21.7. The van der Waals surface area contributed by atoms with E-state index in [9.17, 15) is 19.8 Å². The molecule has 0 spiro atoms. The molecule has 0 fully saturated rings. The predicted octanol–water partition coefficient (Wildman–Crippen LogP) is 19.8. The highest BCUT2D eigenvalue weighted by Crippen LogP contribution is 2.18. The lowest BCUT2D eigenvalue weighted by Crippen LogP contribution is -2.45. The third-order valence-corrected chi connectivity index (χ3v) is 14.8. The van der Waals surface area contributed by atoms with Crippen molar-refractivity contribution in [1.82, 2.24) is 5.32 Å². The van der Waals surface area contributed by atoms with Crippen LogP contribution in [0.5, 0.6) is 0 Å². The number of ether oxygens (including phenoxy) is 1. The van der Waals surface area contributed by atoms with Crippen LogP contribution in [0.1, 0.15) is 348 Å². The van der Waals surface area contributed by atoms with Gasteiger partial charge in [0.1, 0.15) is 0 Å². The van der Waals surface area contributed by atoms with Crippen LogP contribution in [-0.4, -0.2) is 47.4 Å². The SMILES string of the molecule is CCCCC/C=C\C/C=C\CCCCCCCCCC(=O)OCCCCCCCCCCCCCCCCCC(=O)NC(CO)C(O)CCCCCCCCCCCCCCCCCCCCCCC. The van der Waals surface area contributed by atoms with Crippen LogP contribution in [0.25, 0.3) is 0 Å². The summed E-state index contributed by atoms with van der Waals surface area (Å²) in [5.41, 5.74) is 0. The Labute approximate surface area is 437 Å². The van der Waals surface area contributed by atoms with Gasteiger partial charge in [0.15, 0.2) is 0 Å². The lowest BCUT2D eigenvalue weighted by molar-refractivity contribution is -0.143. The lowest BCUT2D eigenvalue weighted by atomic mass is 10.0. The third kappa shape index (κ3) is 55.7. The molecule has 1 amide bonds. The lowest BCUT2D eigenvalue weighted by Gasteiger charge is -2.22. The van der Waals surface area contributed by atoms with E-state index in [1.54, 1.807) is 0 Å². The molecule has 2 unspecified atom stereocenters. The Morgan fingerprint density at radius 2 is 0.714 bits per heavy atom. The van der Waals surface area contributed by atoms with Crippen molar-refractivity contribution in [1.29, 1.82) is 0 Å². The van der Waals surface area contributed by atoms with Crippen LogP contribution in [0.3, 0.4) is 0 Å². The number of amides is 1. The summed E-state index contributed by atoms with van der Waals surface area (Å²) in [6, 6.07) is -0.549. The summed E-state index contributed by atoms with van der Waals surface area (Å²) in [4.78, 5) is 24.6. The molecule has 414 valence electrons. The van der Waals surface area contributed by atoms with Gasteiger partial charge in [-0.15, -0.1) is 0 Å². The van der Waals surface area contributed by atoms with Crippen LogP contribution in [0.4, 0.5) is 0 Å². The molecule has 0 aromatic heterocycles. The molecule has 0 saturated carbocycles. The maximum Gasteiger partial charge on any atom is 0.305 e. The molecular weight excluding hydrogens is 863 g/mol. The Morgan fingerprint density at radius 1 is 0.400 bits per heavy atom. The fourth-order valence-electron chi connectivity index (χ4n) is 9.91. The minimum absolute atomic E-state index is 0.00611. The van der Waals surface area contributed by atoms with E-state index in [1.807, 2.05) is 0 Å². The highest BCUT2D eigenvalue weighted by molar-refractivity contribution is 5.76. The molecule has 0 aliphatic carbocycles. The van der Waals surface area contributed by atoms with Gasteiger partial charge in [-0.2, -0.15) is 0 Å². The standard InChI is InChI=1S/C64H123NO5/c1-3-5-7-9-11-13-15-17-19-21-22-23-24-26-28-32-36-40-44-48-52-56-62(67)61(60-66)65-63(68)57-53-49-45-41-37-33-29-27-31-35-39-43-47-51-55-59-70-64(69)58-54-50-46-42-38-34-30-25-20-18-16-14-12-10-8-6-4-2/h12,14,18,20,61-62,66-67H,3-11,13,15-17,19,21-60H2,1-2H3,(H,65,68)/b14-12-,20-18-. The molecule has 0 aliphatic rings. The van der Waals surface area contributed by atoms with E-state index >= 15 is 0 Å². The summed E-state index contributed by atoms with van der Waals surface area (Å²) in [7, 11) is 0. The van der Waals surface area contributed by atoms with E-state index in [1.165, 1.54) is 257 Å². The monoisotopic (exact) mass is 986 g/mol. The van der Waals surface area contributed by atoms with Crippen LogP contribution >= 0.6 is 0 Å². The van der Waals surface area contributed by atoms with Crippen LogP contribution < -0.4 is 5.32 Å². The first kappa shape index (κ1) is 68.3. The molecule has 6 nitrogen and oxygen atoms in total. The summed E-state index contributed by atoms with van der Waals surface area (Å²) in [6.45, 7) is 4.93.